The van der Waals surface area contributed by atoms with Crippen LogP contribution in [-0.4, -0.2) is 30.3 Å². The molecule has 0 aliphatic carbocycles. The third-order valence-electron chi connectivity index (χ3n) is 2.84. The summed E-state index contributed by atoms with van der Waals surface area (Å²) in [5.74, 6) is 1.17. The van der Waals surface area contributed by atoms with Crippen molar-refractivity contribution < 1.29 is 4.74 Å². The van der Waals surface area contributed by atoms with E-state index in [-0.39, 0.29) is 0 Å². The van der Waals surface area contributed by atoms with E-state index in [0.717, 1.165) is 19.7 Å². The van der Waals surface area contributed by atoms with Gasteiger partial charge in [-0.2, -0.15) is 11.8 Å². The van der Waals surface area contributed by atoms with Crippen molar-refractivity contribution >= 4 is 39.0 Å². The van der Waals surface area contributed by atoms with Crippen molar-refractivity contribution in [1.29, 1.82) is 0 Å². The summed E-state index contributed by atoms with van der Waals surface area (Å²) < 4.78 is 6.74. The van der Waals surface area contributed by atoms with Gasteiger partial charge in [0.2, 0.25) is 0 Å². The minimum atomic E-state index is 0.438. The molecule has 1 aromatic rings. The van der Waals surface area contributed by atoms with Crippen LogP contribution in [0.3, 0.4) is 0 Å². The second-order valence-electron chi connectivity index (χ2n) is 4.18. The van der Waals surface area contributed by atoms with Crippen molar-refractivity contribution in [2.45, 2.75) is 31.2 Å². The van der Waals surface area contributed by atoms with Crippen LogP contribution in [0.2, 0.25) is 0 Å². The van der Waals surface area contributed by atoms with Gasteiger partial charge in [-0.15, -0.1) is 11.3 Å². The summed E-state index contributed by atoms with van der Waals surface area (Å²) in [6, 6.07) is 2.18. The lowest BCUT2D eigenvalue weighted by Gasteiger charge is -2.13. The zero-order chi connectivity index (χ0) is 12.1. The summed E-state index contributed by atoms with van der Waals surface area (Å²) >= 11 is 7.31. The van der Waals surface area contributed by atoms with Gasteiger partial charge < -0.3 is 10.1 Å². The summed E-state index contributed by atoms with van der Waals surface area (Å²) in [4.78, 5) is 1.39. The molecule has 0 amide bonds. The van der Waals surface area contributed by atoms with Crippen LogP contribution in [0.5, 0.6) is 0 Å². The highest BCUT2D eigenvalue weighted by Gasteiger charge is 2.23. The van der Waals surface area contributed by atoms with Gasteiger partial charge >= 0.3 is 0 Å². The average Bonchev–Trinajstić information content (AvgIpc) is 2.88. The molecule has 2 heterocycles. The Morgan fingerprint density at radius 2 is 2.53 bits per heavy atom. The zero-order valence-electron chi connectivity index (χ0n) is 9.95. The maximum atomic E-state index is 5.55. The summed E-state index contributed by atoms with van der Waals surface area (Å²) in [6.07, 6.45) is 1.65. The third-order valence-corrected chi connectivity index (χ3v) is 6.02. The topological polar surface area (TPSA) is 21.3 Å². The van der Waals surface area contributed by atoms with E-state index in [1.54, 1.807) is 11.3 Å². The Balaban J connectivity index is 1.54. The molecule has 17 heavy (non-hydrogen) atoms. The number of nitrogens with one attached hydrogen (secondary N) is 1. The standard InChI is InChI=1S/C12H18BrNOS2/c1-9-12(2-4-15-9)16-5-3-14-7-11-6-10(13)8-17-11/h6,8-9,12,14H,2-5,7H2,1H3. The van der Waals surface area contributed by atoms with Crippen molar-refractivity contribution in [2.24, 2.45) is 0 Å². The molecule has 2 unspecified atom stereocenters. The Labute approximate surface area is 120 Å². The second kappa shape index (κ2) is 7.14. The molecule has 1 N–H and O–H groups in total. The lowest BCUT2D eigenvalue weighted by Crippen LogP contribution is -2.19. The Bertz CT molecular complexity index is 345. The van der Waals surface area contributed by atoms with E-state index in [0.29, 0.717) is 11.4 Å². The molecule has 2 atom stereocenters. The van der Waals surface area contributed by atoms with Crippen LogP contribution < -0.4 is 5.32 Å². The number of thioether (sulfide) groups is 1. The number of rotatable bonds is 6. The monoisotopic (exact) mass is 335 g/mol. The highest BCUT2D eigenvalue weighted by Crippen LogP contribution is 2.25. The summed E-state index contributed by atoms with van der Waals surface area (Å²) in [7, 11) is 0. The maximum absolute atomic E-state index is 5.55. The van der Waals surface area contributed by atoms with Crippen LogP contribution in [0.1, 0.15) is 18.2 Å². The fourth-order valence-electron chi connectivity index (χ4n) is 1.87. The van der Waals surface area contributed by atoms with Gasteiger partial charge in [-0.3, -0.25) is 0 Å². The molecular formula is C12H18BrNOS2. The Morgan fingerprint density at radius 3 is 3.18 bits per heavy atom. The molecule has 0 spiro atoms. The summed E-state index contributed by atoms with van der Waals surface area (Å²) in [6.45, 7) is 5.17. The van der Waals surface area contributed by atoms with Gasteiger partial charge in [0, 0.05) is 45.4 Å². The molecule has 2 rings (SSSR count). The molecule has 1 aliphatic rings. The third kappa shape index (κ3) is 4.56. The van der Waals surface area contributed by atoms with Crippen molar-refractivity contribution in [3.63, 3.8) is 0 Å². The molecule has 2 nitrogen and oxygen atoms in total. The van der Waals surface area contributed by atoms with E-state index in [1.807, 2.05) is 11.8 Å². The van der Waals surface area contributed by atoms with E-state index >= 15 is 0 Å². The fraction of sp³-hybridized carbons (Fsp3) is 0.667. The minimum Gasteiger partial charge on any atom is -0.377 e. The Hall–Kier alpha value is 0.450. The second-order valence-corrected chi connectivity index (χ2v) is 7.44. The van der Waals surface area contributed by atoms with Gasteiger partial charge in [0.15, 0.2) is 0 Å². The molecule has 5 heteroatoms. The quantitative estimate of drug-likeness (QED) is 0.804. The van der Waals surface area contributed by atoms with Crippen LogP contribution in [-0.2, 0) is 11.3 Å². The minimum absolute atomic E-state index is 0.438. The van der Waals surface area contributed by atoms with Crippen molar-refractivity contribution in [1.82, 2.24) is 5.32 Å². The first kappa shape index (κ1) is 13.9. The number of thiophene rings is 1. The average molecular weight is 336 g/mol. The normalized spacial score (nSPS) is 24.4. The highest BCUT2D eigenvalue weighted by atomic mass is 79.9. The summed E-state index contributed by atoms with van der Waals surface area (Å²) in [5.41, 5.74) is 0. The first-order chi connectivity index (χ1) is 8.25. The van der Waals surface area contributed by atoms with Crippen LogP contribution >= 0.6 is 39.0 Å². The van der Waals surface area contributed by atoms with Crippen molar-refractivity contribution in [2.75, 3.05) is 18.9 Å². The van der Waals surface area contributed by atoms with Crippen LogP contribution in [0.15, 0.2) is 15.9 Å². The number of hydrogen-bond acceptors (Lipinski definition) is 4. The van der Waals surface area contributed by atoms with E-state index in [9.17, 15) is 0 Å². The molecule has 96 valence electrons. The number of ether oxygens (including phenoxy) is 1. The van der Waals surface area contributed by atoms with Gasteiger partial charge in [0.25, 0.3) is 0 Å². The van der Waals surface area contributed by atoms with Crippen molar-refractivity contribution in [3.8, 4) is 0 Å². The maximum Gasteiger partial charge on any atom is 0.0666 e. The molecular weight excluding hydrogens is 318 g/mol. The van der Waals surface area contributed by atoms with E-state index in [1.165, 1.54) is 21.5 Å². The Morgan fingerprint density at radius 1 is 1.65 bits per heavy atom. The molecule has 1 fully saturated rings. The lowest BCUT2D eigenvalue weighted by atomic mass is 10.3. The zero-order valence-corrected chi connectivity index (χ0v) is 13.2. The number of hydrogen-bond donors (Lipinski definition) is 1. The van der Waals surface area contributed by atoms with Gasteiger partial charge in [0.1, 0.15) is 0 Å². The van der Waals surface area contributed by atoms with Crippen LogP contribution in [0, 0.1) is 0 Å². The fourth-order valence-corrected chi connectivity index (χ4v) is 4.47. The molecule has 1 saturated heterocycles. The van der Waals surface area contributed by atoms with Gasteiger partial charge in [-0.25, -0.2) is 0 Å². The van der Waals surface area contributed by atoms with E-state index < -0.39 is 0 Å². The van der Waals surface area contributed by atoms with E-state index in [2.05, 4.69) is 39.6 Å². The van der Waals surface area contributed by atoms with Gasteiger partial charge in [-0.1, -0.05) is 0 Å². The molecule has 1 aromatic heterocycles. The molecule has 0 radical (unpaired) electrons. The molecule has 0 saturated carbocycles. The van der Waals surface area contributed by atoms with Crippen LogP contribution in [0.25, 0.3) is 0 Å². The SMILES string of the molecule is CC1OCCC1SCCNCc1cc(Br)cs1. The number of halogens is 1. The first-order valence-corrected chi connectivity index (χ1v) is 8.64. The summed E-state index contributed by atoms with van der Waals surface area (Å²) in [5, 5.41) is 6.31. The van der Waals surface area contributed by atoms with E-state index in [4.69, 9.17) is 4.74 Å². The van der Waals surface area contributed by atoms with Crippen LogP contribution in [0.4, 0.5) is 0 Å². The Kier molecular flexibility index (Phi) is 5.83. The molecule has 0 aromatic carbocycles. The molecule has 1 aliphatic heterocycles. The highest BCUT2D eigenvalue weighted by molar-refractivity contribution is 9.10. The first-order valence-electron chi connectivity index (χ1n) is 5.92. The smallest absolute Gasteiger partial charge is 0.0666 e. The largest absolute Gasteiger partial charge is 0.377 e. The lowest BCUT2D eigenvalue weighted by molar-refractivity contribution is 0.127. The predicted molar refractivity (Wildman–Crippen MR) is 80.0 cm³/mol. The van der Waals surface area contributed by atoms with Gasteiger partial charge in [-0.05, 0) is 35.3 Å². The predicted octanol–water partition coefficient (Wildman–Crippen LogP) is 3.51. The van der Waals surface area contributed by atoms with Gasteiger partial charge in [0.05, 0.1) is 6.10 Å². The molecule has 0 bridgehead atoms. The van der Waals surface area contributed by atoms with Crippen molar-refractivity contribution in [3.05, 3.63) is 20.8 Å².